The number of nitrogens with one attached hydrogen (secondary N) is 5. The Morgan fingerprint density at radius 1 is 0.797 bits per heavy atom. The second-order valence-electron chi connectivity index (χ2n) is 15.2. The van der Waals surface area contributed by atoms with Gasteiger partial charge in [0.25, 0.3) is 0 Å². The van der Waals surface area contributed by atoms with Crippen LogP contribution in [-0.4, -0.2) is 106 Å². The number of carbonyl (C=O) groups is 5. The molecule has 8 N–H and O–H groups in total. The van der Waals surface area contributed by atoms with Crippen LogP contribution >= 0.6 is 0 Å². The first-order valence-electron chi connectivity index (χ1n) is 20.1. The maximum absolute atomic E-state index is 13.5. The number of rotatable bonds is 21. The van der Waals surface area contributed by atoms with E-state index in [-0.39, 0.29) is 37.2 Å². The van der Waals surface area contributed by atoms with Gasteiger partial charge < -0.3 is 46.7 Å². The molecule has 0 unspecified atom stereocenters. The molecule has 2 heterocycles. The monoisotopic (exact) mass is 808 g/mol. The molecule has 0 bridgehead atoms. The summed E-state index contributed by atoms with van der Waals surface area (Å²) >= 11 is 0. The summed E-state index contributed by atoms with van der Waals surface area (Å²) in [6, 6.07) is 22.6. The number of aliphatic hydroxyl groups excluding tert-OH is 1. The van der Waals surface area contributed by atoms with E-state index in [1.165, 1.54) is 18.1 Å². The maximum Gasteiger partial charge on any atom is 0.245 e. The van der Waals surface area contributed by atoms with Gasteiger partial charge in [-0.2, -0.15) is 0 Å². The molecule has 5 rings (SSSR count). The Bertz CT molecular complexity index is 1950. The van der Waals surface area contributed by atoms with Gasteiger partial charge in [0.05, 0.1) is 12.9 Å². The minimum absolute atomic E-state index is 0.0431. The molecule has 15 nitrogen and oxygen atoms in total. The maximum atomic E-state index is 13.5. The highest BCUT2D eigenvalue weighted by Crippen LogP contribution is 2.25. The van der Waals surface area contributed by atoms with Crippen LogP contribution in [0.2, 0.25) is 0 Å². The lowest BCUT2D eigenvalue weighted by Gasteiger charge is -2.32. The van der Waals surface area contributed by atoms with E-state index in [1.807, 2.05) is 42.5 Å². The number of carbonyl (C=O) groups excluding carboxylic acids is 5. The molecule has 4 aromatic rings. The van der Waals surface area contributed by atoms with Crippen LogP contribution in [-0.2, 0) is 43.2 Å². The highest BCUT2D eigenvalue weighted by molar-refractivity contribution is 5.95. The Balaban J connectivity index is 1.10. The molecule has 1 aliphatic heterocycles. The lowest BCUT2D eigenvalue weighted by molar-refractivity contribution is -0.135. The molecule has 1 fully saturated rings. The third-order valence-corrected chi connectivity index (χ3v) is 10.3. The number of likely N-dealkylation sites (tertiary alicyclic amines) is 1. The highest BCUT2D eigenvalue weighted by Gasteiger charge is 2.32. The van der Waals surface area contributed by atoms with Crippen molar-refractivity contribution in [2.75, 3.05) is 26.2 Å². The lowest BCUT2D eigenvalue weighted by Crippen LogP contribution is -2.60. The molecule has 1 saturated heterocycles. The molecule has 314 valence electrons. The smallest absolute Gasteiger partial charge is 0.245 e. The van der Waals surface area contributed by atoms with Crippen molar-refractivity contribution in [1.29, 1.82) is 0 Å². The average Bonchev–Trinajstić information content (AvgIpc) is 3.75. The number of nitrogens with zero attached hydrogens (tertiary/aromatic N) is 2. The summed E-state index contributed by atoms with van der Waals surface area (Å²) in [5.74, 6) is -2.77. The Morgan fingerprint density at radius 3 is 2.03 bits per heavy atom. The summed E-state index contributed by atoms with van der Waals surface area (Å²) in [6.07, 6.45) is 5.61. The number of hydrogen-bond acceptors (Lipinski definition) is 9. The van der Waals surface area contributed by atoms with Gasteiger partial charge in [-0.15, -0.1) is 0 Å². The number of benzene rings is 3. The van der Waals surface area contributed by atoms with Crippen molar-refractivity contribution >= 4 is 29.5 Å². The number of aromatic nitrogens is 2. The minimum atomic E-state index is -1.46. The Kier molecular flexibility index (Phi) is 16.6. The number of imidazole rings is 1. The van der Waals surface area contributed by atoms with Crippen molar-refractivity contribution in [2.24, 2.45) is 11.7 Å². The van der Waals surface area contributed by atoms with E-state index in [2.05, 4.69) is 54.3 Å². The largest absolute Gasteiger partial charge is 0.490 e. The second-order valence-corrected chi connectivity index (χ2v) is 15.2. The number of primary amides is 1. The normalized spacial score (nSPS) is 15.3. The van der Waals surface area contributed by atoms with E-state index in [0.717, 1.165) is 49.2 Å². The molecular formula is C44H56N8O7. The first kappa shape index (κ1) is 44.1. The second kappa shape index (κ2) is 22.2. The van der Waals surface area contributed by atoms with E-state index >= 15 is 0 Å². The number of amides is 5. The van der Waals surface area contributed by atoms with Crippen molar-refractivity contribution < 1.29 is 33.8 Å². The third kappa shape index (κ3) is 13.8. The Labute approximate surface area is 344 Å². The topological polar surface area (TPSA) is 221 Å². The van der Waals surface area contributed by atoms with Crippen LogP contribution in [0.1, 0.15) is 55.5 Å². The molecule has 0 aliphatic carbocycles. The SMILES string of the molecule is CC(C)[C@H](NC(=O)CCN1CCC(Oc2ccccc2Cc2ccccc2)CC1)C(=O)N[C@@H](CO)C(=O)N[C@@H](Cc1cnc[nH]1)C(=O)N[C@H](Cc1ccccc1)C(N)=O. The molecular weight excluding hydrogens is 753 g/mol. The molecule has 0 saturated carbocycles. The zero-order valence-corrected chi connectivity index (χ0v) is 33.6. The molecule has 5 amide bonds. The van der Waals surface area contributed by atoms with Gasteiger partial charge in [-0.1, -0.05) is 92.7 Å². The number of hydrogen-bond donors (Lipinski definition) is 7. The van der Waals surface area contributed by atoms with Crippen LogP contribution in [0, 0.1) is 5.92 Å². The average molecular weight is 809 g/mol. The quantitative estimate of drug-likeness (QED) is 0.0652. The zero-order chi connectivity index (χ0) is 42.1. The number of H-pyrrole nitrogens is 1. The van der Waals surface area contributed by atoms with Crippen LogP contribution in [0.5, 0.6) is 5.75 Å². The summed E-state index contributed by atoms with van der Waals surface area (Å²) < 4.78 is 6.46. The van der Waals surface area contributed by atoms with Gasteiger partial charge in [0.15, 0.2) is 0 Å². The molecule has 15 heteroatoms. The predicted octanol–water partition coefficient (Wildman–Crippen LogP) is 1.79. The number of nitrogens with two attached hydrogens (primary N) is 1. The van der Waals surface area contributed by atoms with Gasteiger partial charge >= 0.3 is 0 Å². The number of piperidine rings is 1. The van der Waals surface area contributed by atoms with Crippen molar-refractivity contribution in [3.63, 3.8) is 0 Å². The van der Waals surface area contributed by atoms with Crippen molar-refractivity contribution in [1.82, 2.24) is 36.1 Å². The number of aliphatic hydroxyl groups is 1. The Morgan fingerprint density at radius 2 is 1.41 bits per heavy atom. The summed E-state index contributed by atoms with van der Waals surface area (Å²) in [7, 11) is 0. The Hall–Kier alpha value is -6.06. The number of ether oxygens (including phenoxy) is 1. The van der Waals surface area contributed by atoms with Gasteiger partial charge in [-0.05, 0) is 41.5 Å². The van der Waals surface area contributed by atoms with Crippen LogP contribution in [0.25, 0.3) is 0 Å². The van der Waals surface area contributed by atoms with Crippen LogP contribution in [0.15, 0.2) is 97.5 Å². The molecule has 3 aromatic carbocycles. The molecule has 4 atom stereocenters. The fourth-order valence-corrected chi connectivity index (χ4v) is 6.95. The summed E-state index contributed by atoms with van der Waals surface area (Å²) in [4.78, 5) is 75.0. The van der Waals surface area contributed by atoms with E-state index in [4.69, 9.17) is 10.5 Å². The van der Waals surface area contributed by atoms with Crippen LogP contribution in [0.4, 0.5) is 0 Å². The molecule has 0 radical (unpaired) electrons. The molecule has 0 spiro atoms. The van der Waals surface area contributed by atoms with E-state index in [9.17, 15) is 29.1 Å². The van der Waals surface area contributed by atoms with Crippen molar-refractivity contribution in [2.45, 2.75) is 82.6 Å². The molecule has 1 aliphatic rings. The van der Waals surface area contributed by atoms with E-state index in [0.29, 0.717) is 12.2 Å². The molecule has 1 aromatic heterocycles. The van der Waals surface area contributed by atoms with Gasteiger partial charge in [-0.3, -0.25) is 24.0 Å². The lowest BCUT2D eigenvalue weighted by atomic mass is 10.0. The highest BCUT2D eigenvalue weighted by atomic mass is 16.5. The summed E-state index contributed by atoms with van der Waals surface area (Å²) in [6.45, 7) is 4.75. The number of aromatic amines is 1. The van der Waals surface area contributed by atoms with Crippen LogP contribution < -0.4 is 31.7 Å². The standard InChI is InChI=1S/C44H56N8O7/c1-29(2)40(51-39(54)19-22-52-20-17-34(18-21-52)59-38-16-10-9-15-32(38)23-30-11-5-3-6-12-30)44(58)50-37(27-53)43(57)49-36(25-33-26-46-28-47-33)42(56)48-35(41(45)55)24-31-13-7-4-8-14-31/h3-16,26,28-29,34-37,40,53H,17-25,27H2,1-2H3,(H2,45,55)(H,46,47)(H,48,56)(H,49,57)(H,50,58)(H,51,54)/t35-,36+,37+,40+/m1/s1. The number of para-hydroxylation sites is 1. The van der Waals surface area contributed by atoms with Crippen LogP contribution in [0.3, 0.4) is 0 Å². The summed E-state index contributed by atoms with van der Waals surface area (Å²) in [5.41, 5.74) is 9.25. The first-order chi connectivity index (χ1) is 28.5. The first-order valence-corrected chi connectivity index (χ1v) is 20.1. The van der Waals surface area contributed by atoms with Gasteiger partial charge in [0, 0.05) is 57.2 Å². The predicted molar refractivity (Wildman–Crippen MR) is 222 cm³/mol. The fraction of sp³-hybridized carbons (Fsp3) is 0.409. The summed E-state index contributed by atoms with van der Waals surface area (Å²) in [5, 5.41) is 20.7. The zero-order valence-electron chi connectivity index (χ0n) is 33.6. The van der Waals surface area contributed by atoms with E-state index in [1.54, 1.807) is 38.1 Å². The third-order valence-electron chi connectivity index (χ3n) is 10.3. The fourth-order valence-electron chi connectivity index (χ4n) is 6.95. The van der Waals surface area contributed by atoms with Crippen molar-refractivity contribution in [3.05, 3.63) is 120 Å². The van der Waals surface area contributed by atoms with Gasteiger partial charge in [0.2, 0.25) is 29.5 Å². The minimum Gasteiger partial charge on any atom is -0.490 e. The van der Waals surface area contributed by atoms with Gasteiger partial charge in [-0.25, -0.2) is 4.98 Å². The molecule has 59 heavy (non-hydrogen) atoms. The van der Waals surface area contributed by atoms with Gasteiger partial charge in [0.1, 0.15) is 36.0 Å². The van der Waals surface area contributed by atoms with Crippen molar-refractivity contribution in [3.8, 4) is 5.75 Å². The van der Waals surface area contributed by atoms with E-state index < -0.39 is 54.4 Å².